The number of carboxylic acid groups (broad SMARTS) is 1. The second-order valence-corrected chi connectivity index (χ2v) is 4.06. The van der Waals surface area contributed by atoms with Gasteiger partial charge in [-0.1, -0.05) is 13.0 Å². The largest absolute Gasteiger partial charge is 0.486 e. The van der Waals surface area contributed by atoms with E-state index >= 15 is 0 Å². The lowest BCUT2D eigenvalue weighted by atomic mass is 9.89. The predicted octanol–water partition coefficient (Wildman–Crippen LogP) is 2.38. The van der Waals surface area contributed by atoms with Crippen LogP contribution in [0.15, 0.2) is 12.1 Å². The third-order valence-corrected chi connectivity index (χ3v) is 3.01. The van der Waals surface area contributed by atoms with E-state index in [1.807, 2.05) is 0 Å². The molecule has 0 saturated heterocycles. The quantitative estimate of drug-likeness (QED) is 0.866. The monoisotopic (exact) mass is 242 g/mol. The van der Waals surface area contributed by atoms with Gasteiger partial charge in [0.2, 0.25) is 5.82 Å². The van der Waals surface area contributed by atoms with Gasteiger partial charge in [-0.2, -0.15) is 4.39 Å². The molecule has 92 valence electrons. The highest BCUT2D eigenvalue weighted by Crippen LogP contribution is 2.35. The predicted molar refractivity (Wildman–Crippen MR) is 55.9 cm³/mol. The van der Waals surface area contributed by atoms with Gasteiger partial charge in [0.1, 0.15) is 6.10 Å². The number of fused-ring (bicyclic) bond motifs is 1. The second kappa shape index (κ2) is 4.31. The molecule has 0 radical (unpaired) electrons. The number of aliphatic carboxylic acids is 1. The van der Waals surface area contributed by atoms with Crippen molar-refractivity contribution >= 4 is 5.97 Å². The van der Waals surface area contributed by atoms with Crippen molar-refractivity contribution < 1.29 is 23.4 Å². The molecular formula is C12H12F2O3. The van der Waals surface area contributed by atoms with Crippen LogP contribution in [-0.4, -0.2) is 17.2 Å². The molecule has 2 atom stereocenters. The Hall–Kier alpha value is -1.65. The van der Waals surface area contributed by atoms with Gasteiger partial charge in [-0.05, 0) is 24.5 Å². The molecule has 0 aromatic heterocycles. The molecule has 1 aromatic carbocycles. The summed E-state index contributed by atoms with van der Waals surface area (Å²) < 4.78 is 31.8. The van der Waals surface area contributed by atoms with Crippen molar-refractivity contribution in [3.63, 3.8) is 0 Å². The minimum Gasteiger partial charge on any atom is -0.486 e. The van der Waals surface area contributed by atoms with Crippen LogP contribution in [0.5, 0.6) is 5.75 Å². The summed E-state index contributed by atoms with van der Waals surface area (Å²) in [5.41, 5.74) is 0.404. The molecule has 1 aromatic rings. The first-order valence-electron chi connectivity index (χ1n) is 5.41. The third-order valence-electron chi connectivity index (χ3n) is 3.01. The van der Waals surface area contributed by atoms with Crippen LogP contribution in [0.25, 0.3) is 0 Å². The summed E-state index contributed by atoms with van der Waals surface area (Å²) in [5.74, 6) is -3.85. The molecule has 1 heterocycles. The number of carboxylic acids is 1. The summed E-state index contributed by atoms with van der Waals surface area (Å²) in [5, 5.41) is 9.04. The zero-order chi connectivity index (χ0) is 12.6. The van der Waals surface area contributed by atoms with Crippen LogP contribution in [0.1, 0.15) is 18.9 Å². The molecule has 3 nitrogen and oxygen atoms in total. The van der Waals surface area contributed by atoms with Crippen LogP contribution >= 0.6 is 0 Å². The van der Waals surface area contributed by atoms with Crippen molar-refractivity contribution in [3.05, 3.63) is 29.3 Å². The molecule has 5 heteroatoms. The summed E-state index contributed by atoms with van der Waals surface area (Å²) >= 11 is 0. The Morgan fingerprint density at radius 2 is 2.24 bits per heavy atom. The van der Waals surface area contributed by atoms with E-state index in [0.29, 0.717) is 12.0 Å². The van der Waals surface area contributed by atoms with E-state index in [4.69, 9.17) is 9.84 Å². The van der Waals surface area contributed by atoms with Gasteiger partial charge in [0.05, 0.1) is 5.92 Å². The van der Waals surface area contributed by atoms with Crippen molar-refractivity contribution in [1.29, 1.82) is 0 Å². The second-order valence-electron chi connectivity index (χ2n) is 4.06. The fourth-order valence-corrected chi connectivity index (χ4v) is 2.08. The molecule has 0 aliphatic carbocycles. The molecule has 0 bridgehead atoms. The van der Waals surface area contributed by atoms with E-state index in [1.165, 1.54) is 6.07 Å². The van der Waals surface area contributed by atoms with Crippen LogP contribution in [-0.2, 0) is 11.2 Å². The fourth-order valence-electron chi connectivity index (χ4n) is 2.08. The highest BCUT2D eigenvalue weighted by atomic mass is 19.2. The van der Waals surface area contributed by atoms with E-state index in [0.717, 1.165) is 6.07 Å². The van der Waals surface area contributed by atoms with Gasteiger partial charge in [-0.15, -0.1) is 0 Å². The number of rotatable bonds is 2. The van der Waals surface area contributed by atoms with Crippen LogP contribution in [0.4, 0.5) is 8.78 Å². The highest BCUT2D eigenvalue weighted by Gasteiger charge is 2.35. The maximum absolute atomic E-state index is 13.5. The molecule has 0 fully saturated rings. The average molecular weight is 242 g/mol. The zero-order valence-electron chi connectivity index (χ0n) is 9.24. The maximum atomic E-state index is 13.5. The molecule has 1 N–H and O–H groups in total. The zero-order valence-corrected chi connectivity index (χ0v) is 9.24. The Balaban J connectivity index is 2.42. The molecule has 0 saturated carbocycles. The summed E-state index contributed by atoms with van der Waals surface area (Å²) in [4.78, 5) is 11.0. The van der Waals surface area contributed by atoms with Crippen molar-refractivity contribution in [2.24, 2.45) is 5.92 Å². The number of hydrogen-bond donors (Lipinski definition) is 1. The number of benzene rings is 1. The molecule has 1 aliphatic rings. The lowest BCUT2D eigenvalue weighted by Gasteiger charge is -2.30. The molecular weight excluding hydrogens is 230 g/mol. The first kappa shape index (κ1) is 11.8. The summed E-state index contributed by atoms with van der Waals surface area (Å²) in [7, 11) is 0. The average Bonchev–Trinajstić information content (AvgIpc) is 2.32. The number of hydrogen-bond acceptors (Lipinski definition) is 2. The summed E-state index contributed by atoms with van der Waals surface area (Å²) in [6, 6.07) is 2.36. The molecule has 0 amide bonds. The Kier molecular flexibility index (Phi) is 3.00. The smallest absolute Gasteiger partial charge is 0.310 e. The Bertz CT molecular complexity index is 459. The van der Waals surface area contributed by atoms with Gasteiger partial charge in [0.25, 0.3) is 0 Å². The SMILES string of the molecule is CCC1Oc2c(ccc(F)c2F)CC1C(=O)O. The van der Waals surface area contributed by atoms with Gasteiger partial charge in [0, 0.05) is 0 Å². The Morgan fingerprint density at radius 3 is 2.82 bits per heavy atom. The topological polar surface area (TPSA) is 46.5 Å². The minimum absolute atomic E-state index is 0.144. The van der Waals surface area contributed by atoms with Crippen molar-refractivity contribution in [2.75, 3.05) is 0 Å². The normalized spacial score (nSPS) is 22.8. The molecule has 17 heavy (non-hydrogen) atoms. The van der Waals surface area contributed by atoms with Crippen molar-refractivity contribution in [2.45, 2.75) is 25.9 Å². The van der Waals surface area contributed by atoms with E-state index in [9.17, 15) is 13.6 Å². The van der Waals surface area contributed by atoms with Gasteiger partial charge in [0.15, 0.2) is 11.6 Å². The first-order valence-corrected chi connectivity index (χ1v) is 5.41. The number of halogens is 2. The van der Waals surface area contributed by atoms with Gasteiger partial charge < -0.3 is 9.84 Å². The van der Waals surface area contributed by atoms with Crippen molar-refractivity contribution in [1.82, 2.24) is 0 Å². The maximum Gasteiger partial charge on any atom is 0.310 e. The molecule has 2 rings (SSSR count). The van der Waals surface area contributed by atoms with Crippen LogP contribution < -0.4 is 4.74 Å². The van der Waals surface area contributed by atoms with E-state index in [-0.39, 0.29) is 12.2 Å². The van der Waals surface area contributed by atoms with E-state index in [2.05, 4.69) is 0 Å². The third kappa shape index (κ3) is 1.97. The lowest BCUT2D eigenvalue weighted by Crippen LogP contribution is -2.38. The van der Waals surface area contributed by atoms with Crippen LogP contribution in [0.3, 0.4) is 0 Å². The van der Waals surface area contributed by atoms with Gasteiger partial charge in [-0.3, -0.25) is 4.79 Å². The van der Waals surface area contributed by atoms with Crippen LogP contribution in [0.2, 0.25) is 0 Å². The summed E-state index contributed by atoms with van der Waals surface area (Å²) in [6.45, 7) is 1.75. The number of ether oxygens (including phenoxy) is 1. The Labute approximate surface area is 97.0 Å². The van der Waals surface area contributed by atoms with Gasteiger partial charge >= 0.3 is 5.97 Å². The molecule has 1 aliphatic heterocycles. The molecule has 2 unspecified atom stereocenters. The fraction of sp³-hybridized carbons (Fsp3) is 0.417. The lowest BCUT2D eigenvalue weighted by molar-refractivity contribution is -0.145. The van der Waals surface area contributed by atoms with Gasteiger partial charge in [-0.25, -0.2) is 4.39 Å². The van der Waals surface area contributed by atoms with Crippen molar-refractivity contribution in [3.8, 4) is 5.75 Å². The van der Waals surface area contributed by atoms with E-state index < -0.39 is 29.6 Å². The molecule has 0 spiro atoms. The highest BCUT2D eigenvalue weighted by molar-refractivity contribution is 5.72. The Morgan fingerprint density at radius 1 is 1.53 bits per heavy atom. The minimum atomic E-state index is -1.04. The summed E-state index contributed by atoms with van der Waals surface area (Å²) in [6.07, 6.45) is -0.0106. The standard InChI is InChI=1S/C12H12F2O3/c1-2-9-7(12(15)16)5-6-3-4-8(13)10(14)11(6)17-9/h3-4,7,9H,2,5H2,1H3,(H,15,16). The number of carbonyl (C=O) groups is 1. The first-order chi connectivity index (χ1) is 8.04. The van der Waals surface area contributed by atoms with E-state index in [1.54, 1.807) is 6.92 Å². The van der Waals surface area contributed by atoms with Crippen LogP contribution in [0, 0.1) is 17.6 Å².